The fourth-order valence-electron chi connectivity index (χ4n) is 1.87. The smallest absolute Gasteiger partial charge is 0.268 e. The van der Waals surface area contributed by atoms with Crippen LogP contribution >= 0.6 is 11.6 Å². The summed E-state index contributed by atoms with van der Waals surface area (Å²) in [7, 11) is -1.72. The predicted octanol–water partition coefficient (Wildman–Crippen LogP) is 6.25. The molecule has 0 aromatic rings. The van der Waals surface area contributed by atoms with Gasteiger partial charge in [-0.15, -0.1) is 11.6 Å². The quantitative estimate of drug-likeness (QED) is 0.132. The van der Waals surface area contributed by atoms with Crippen molar-refractivity contribution in [3.63, 3.8) is 0 Å². The van der Waals surface area contributed by atoms with Crippen LogP contribution in [0.3, 0.4) is 0 Å². The van der Waals surface area contributed by atoms with Crippen LogP contribution < -0.4 is 0 Å². The van der Waals surface area contributed by atoms with Crippen molar-refractivity contribution in [3.8, 4) is 0 Å². The van der Waals surface area contributed by atoms with Crippen molar-refractivity contribution in [2.45, 2.75) is 71.4 Å². The maximum absolute atomic E-state index is 6.17. The molecule has 0 bridgehead atoms. The molecule has 0 heterocycles. The van der Waals surface area contributed by atoms with Crippen LogP contribution in [0.2, 0.25) is 39.3 Å². The van der Waals surface area contributed by atoms with Crippen molar-refractivity contribution in [2.24, 2.45) is 0 Å². The molecule has 0 fully saturated rings. The van der Waals surface area contributed by atoms with E-state index in [0.717, 1.165) is 30.9 Å². The van der Waals surface area contributed by atoms with E-state index < -0.39 is 16.6 Å². The molecule has 0 saturated heterocycles. The summed E-state index contributed by atoms with van der Waals surface area (Å²) in [5, 5.41) is 0. The van der Waals surface area contributed by atoms with E-state index in [1.807, 2.05) is 6.08 Å². The summed E-state index contributed by atoms with van der Waals surface area (Å²) in [6.07, 6.45) is 9.71. The highest BCUT2D eigenvalue weighted by Crippen LogP contribution is 2.18. The molecule has 0 aliphatic heterocycles. The van der Waals surface area contributed by atoms with Crippen molar-refractivity contribution in [3.05, 3.63) is 23.9 Å². The zero-order valence-corrected chi connectivity index (χ0v) is 18.8. The Hall–Kier alpha value is -0.396. The Bertz CT molecular complexity index is 382. The van der Waals surface area contributed by atoms with Crippen LogP contribution in [0.4, 0.5) is 0 Å². The van der Waals surface area contributed by atoms with Gasteiger partial charge < -0.3 is 13.6 Å². The standard InChI is InChI=1S/C17H35ClO3Si2/c1-19-17(21-23(5,6)7)15-16(20-22(2,3)4)13-11-9-8-10-12-14-18/h13,15H,8-12,14H2,1-7H3/b16-13-,17-15-. The first-order valence-electron chi connectivity index (χ1n) is 8.47. The Labute approximate surface area is 150 Å². The molecule has 6 heteroatoms. The lowest BCUT2D eigenvalue weighted by molar-refractivity contribution is 0.145. The number of alkyl halides is 1. The van der Waals surface area contributed by atoms with Gasteiger partial charge in [0.1, 0.15) is 5.76 Å². The lowest BCUT2D eigenvalue weighted by Gasteiger charge is -2.23. The van der Waals surface area contributed by atoms with Gasteiger partial charge in [0.05, 0.1) is 13.2 Å². The van der Waals surface area contributed by atoms with E-state index in [4.69, 9.17) is 25.2 Å². The number of ether oxygens (including phenoxy) is 1. The van der Waals surface area contributed by atoms with E-state index in [1.165, 1.54) is 12.8 Å². The summed E-state index contributed by atoms with van der Waals surface area (Å²) in [6.45, 7) is 13.0. The van der Waals surface area contributed by atoms with Crippen molar-refractivity contribution in [1.82, 2.24) is 0 Å². The number of allylic oxidation sites excluding steroid dienone is 2. The molecule has 0 N–H and O–H groups in total. The summed E-state index contributed by atoms with van der Waals surface area (Å²) in [5.74, 6) is 2.18. The summed E-state index contributed by atoms with van der Waals surface area (Å²) >= 11 is 5.70. The van der Waals surface area contributed by atoms with Gasteiger partial charge in [0.2, 0.25) is 16.6 Å². The summed E-state index contributed by atoms with van der Waals surface area (Å²) in [6, 6.07) is 0. The second kappa shape index (κ2) is 11.2. The largest absolute Gasteiger partial charge is 0.544 e. The summed E-state index contributed by atoms with van der Waals surface area (Å²) < 4.78 is 17.5. The van der Waals surface area contributed by atoms with Gasteiger partial charge in [-0.05, 0) is 64.6 Å². The minimum atomic E-state index is -1.70. The molecule has 0 aromatic carbocycles. The lowest BCUT2D eigenvalue weighted by atomic mass is 10.1. The highest BCUT2D eigenvalue weighted by molar-refractivity contribution is 6.70. The molecule has 0 amide bonds. The molecule has 0 radical (unpaired) electrons. The third-order valence-electron chi connectivity index (χ3n) is 2.73. The SMILES string of the molecule is CO/C(=C/C(=C/CCCCCCCl)O[Si](C)(C)C)O[Si](C)(C)C. The zero-order valence-electron chi connectivity index (χ0n) is 16.0. The third kappa shape index (κ3) is 14.9. The average Bonchev–Trinajstić information content (AvgIpc) is 2.38. The molecular weight excluding hydrogens is 344 g/mol. The average molecular weight is 379 g/mol. The van der Waals surface area contributed by atoms with E-state index >= 15 is 0 Å². The van der Waals surface area contributed by atoms with E-state index in [1.54, 1.807) is 7.11 Å². The van der Waals surface area contributed by atoms with Crippen LogP contribution in [-0.2, 0) is 13.6 Å². The molecule has 23 heavy (non-hydrogen) atoms. The number of methoxy groups -OCH3 is 1. The Morgan fingerprint density at radius 1 is 0.870 bits per heavy atom. The van der Waals surface area contributed by atoms with Crippen LogP contribution in [0.25, 0.3) is 0 Å². The zero-order chi connectivity index (χ0) is 17.9. The van der Waals surface area contributed by atoms with Crippen LogP contribution in [0.15, 0.2) is 23.9 Å². The van der Waals surface area contributed by atoms with Crippen molar-refractivity contribution in [1.29, 1.82) is 0 Å². The van der Waals surface area contributed by atoms with Crippen LogP contribution in [0, 0.1) is 0 Å². The van der Waals surface area contributed by atoms with Crippen molar-refractivity contribution in [2.75, 3.05) is 13.0 Å². The van der Waals surface area contributed by atoms with E-state index in [9.17, 15) is 0 Å². The summed E-state index contributed by atoms with van der Waals surface area (Å²) in [4.78, 5) is 0. The van der Waals surface area contributed by atoms with Crippen LogP contribution in [0.1, 0.15) is 32.1 Å². The Morgan fingerprint density at radius 3 is 1.91 bits per heavy atom. The van der Waals surface area contributed by atoms with Gasteiger partial charge in [0, 0.05) is 5.88 Å². The monoisotopic (exact) mass is 378 g/mol. The summed E-state index contributed by atoms with van der Waals surface area (Å²) in [5.41, 5.74) is 0. The number of hydrogen-bond acceptors (Lipinski definition) is 3. The first kappa shape index (κ1) is 22.6. The Morgan fingerprint density at radius 2 is 1.43 bits per heavy atom. The molecule has 136 valence electrons. The molecule has 0 unspecified atom stereocenters. The number of halogens is 1. The maximum atomic E-state index is 6.17. The predicted molar refractivity (Wildman–Crippen MR) is 106 cm³/mol. The normalized spacial score (nSPS) is 13.9. The molecule has 0 atom stereocenters. The molecule has 0 aliphatic rings. The Kier molecular flexibility index (Phi) is 11.0. The van der Waals surface area contributed by atoms with Gasteiger partial charge >= 0.3 is 0 Å². The number of rotatable bonds is 12. The van der Waals surface area contributed by atoms with Gasteiger partial charge in [-0.3, -0.25) is 0 Å². The number of hydrogen-bond donors (Lipinski definition) is 0. The van der Waals surface area contributed by atoms with Crippen LogP contribution in [0.5, 0.6) is 0 Å². The van der Waals surface area contributed by atoms with Gasteiger partial charge in [-0.25, -0.2) is 0 Å². The fraction of sp³-hybridized carbons (Fsp3) is 0.765. The van der Waals surface area contributed by atoms with Crippen molar-refractivity contribution >= 4 is 28.2 Å². The van der Waals surface area contributed by atoms with E-state index in [0.29, 0.717) is 5.95 Å². The van der Waals surface area contributed by atoms with E-state index in [2.05, 4.69) is 45.4 Å². The highest BCUT2D eigenvalue weighted by Gasteiger charge is 2.21. The van der Waals surface area contributed by atoms with Crippen molar-refractivity contribution < 1.29 is 13.6 Å². The molecule has 0 aromatic heterocycles. The van der Waals surface area contributed by atoms with Gasteiger partial charge in [0.15, 0.2) is 0 Å². The molecule has 0 aliphatic carbocycles. The highest BCUT2D eigenvalue weighted by atomic mass is 35.5. The molecule has 3 nitrogen and oxygen atoms in total. The molecular formula is C17H35ClO3Si2. The van der Waals surface area contributed by atoms with E-state index in [-0.39, 0.29) is 0 Å². The number of unbranched alkanes of at least 4 members (excludes halogenated alkanes) is 4. The second-order valence-corrected chi connectivity index (χ2v) is 16.8. The van der Waals surface area contributed by atoms with Crippen LogP contribution in [-0.4, -0.2) is 29.6 Å². The topological polar surface area (TPSA) is 27.7 Å². The second-order valence-electron chi connectivity index (χ2n) is 7.59. The minimum Gasteiger partial charge on any atom is -0.544 e. The van der Waals surface area contributed by atoms with Gasteiger partial charge in [-0.1, -0.05) is 12.8 Å². The Balaban J connectivity index is 4.84. The first-order chi connectivity index (χ1) is 10.6. The lowest BCUT2D eigenvalue weighted by Crippen LogP contribution is -2.26. The van der Waals surface area contributed by atoms with Gasteiger partial charge in [0.25, 0.3) is 5.95 Å². The molecule has 0 saturated carbocycles. The van der Waals surface area contributed by atoms with Gasteiger partial charge in [-0.2, -0.15) is 0 Å². The fourth-order valence-corrected chi connectivity index (χ4v) is 3.65. The maximum Gasteiger partial charge on any atom is 0.268 e. The molecule has 0 spiro atoms. The minimum absolute atomic E-state index is 0.552. The molecule has 0 rings (SSSR count). The first-order valence-corrected chi connectivity index (χ1v) is 15.8. The third-order valence-corrected chi connectivity index (χ3v) is 4.65.